The molecule has 15 nitrogen and oxygen atoms in total. The second-order valence-electron chi connectivity index (χ2n) is 3.06. The summed E-state index contributed by atoms with van der Waals surface area (Å²) in [5, 5.41) is 71.5. The summed E-state index contributed by atoms with van der Waals surface area (Å²) in [7, 11) is 0. The van der Waals surface area contributed by atoms with Crippen LogP contribution in [0.4, 0.5) is 0 Å². The van der Waals surface area contributed by atoms with Gasteiger partial charge in [-0.05, 0) is 0 Å². The van der Waals surface area contributed by atoms with Crippen LogP contribution in [0.25, 0.3) is 0 Å². The molecule has 0 rings (SSSR count). The van der Waals surface area contributed by atoms with Crippen LogP contribution in [0.3, 0.4) is 0 Å². The molecular weight excluding hydrogens is 460 g/mol. The number of aliphatic hydroxyl groups is 4. The number of carbonyl (C=O) groups is 4. The fourth-order valence-corrected chi connectivity index (χ4v) is 0.516. The van der Waals surface area contributed by atoms with Gasteiger partial charge < -0.3 is 76.5 Å². The molecule has 27 heavy (non-hydrogen) atoms. The zero-order chi connectivity index (χ0) is 16.6. The minimum absolute atomic E-state index is 0. The first-order valence-electron chi connectivity index (χ1n) is 4.49. The molecule has 0 aromatic rings. The van der Waals surface area contributed by atoms with Crippen molar-refractivity contribution in [1.29, 1.82) is 0 Å². The maximum atomic E-state index is 9.63. The Bertz CT molecular complexity index is 326. The van der Waals surface area contributed by atoms with E-state index in [1.807, 2.05) is 0 Å². The molecule has 0 aliphatic heterocycles. The van der Waals surface area contributed by atoms with E-state index < -0.39 is 48.3 Å². The first-order valence-corrected chi connectivity index (χ1v) is 4.49. The average molecular weight is 474 g/mol. The third kappa shape index (κ3) is 28.9. The maximum absolute atomic E-state index is 9.63. The van der Waals surface area contributed by atoms with Crippen LogP contribution < -0.4 is 182 Å². The Morgan fingerprint density at radius 1 is 0.481 bits per heavy atom. The molecule has 0 radical (unpaired) electrons. The maximum Gasteiger partial charge on any atom is 1.00 e. The Kier molecular flexibility index (Phi) is 65.8. The number of aliphatic carboxylic acids is 4. The zero-order valence-electron chi connectivity index (χ0n) is 14.9. The number of hydrogen-bond acceptors (Lipinski definition) is 12. The predicted molar refractivity (Wildman–Crippen MR) is 54.9 cm³/mol. The van der Waals surface area contributed by atoms with Gasteiger partial charge in [0.1, 0.15) is 24.4 Å². The smallest absolute Gasteiger partial charge is 0.547 e. The molecule has 0 bridgehead atoms. The van der Waals surface area contributed by atoms with Gasteiger partial charge in [-0.15, -0.1) is 0 Å². The van der Waals surface area contributed by atoms with Gasteiger partial charge in [0.05, 0.1) is 23.9 Å². The van der Waals surface area contributed by atoms with E-state index in [-0.39, 0.29) is 178 Å². The molecule has 140 valence electrons. The molecule has 0 aromatic carbocycles. The second kappa shape index (κ2) is 31.1. The molecule has 0 amide bonds. The molecule has 4 atom stereocenters. The van der Waals surface area contributed by atoms with Gasteiger partial charge in [-0.2, -0.15) is 0 Å². The number of carboxylic acids is 4. The molecule has 19 heteroatoms. The molecule has 0 spiro atoms. The van der Waals surface area contributed by atoms with Crippen LogP contribution in [0, 0.1) is 0 Å². The monoisotopic (exact) mass is 474 g/mol. The van der Waals surface area contributed by atoms with Gasteiger partial charge in [0.2, 0.25) is 0 Å². The first kappa shape index (κ1) is 57.2. The average Bonchev–Trinajstić information content (AvgIpc) is 2.35. The Morgan fingerprint density at radius 2 is 0.556 bits per heavy atom. The molecule has 0 aliphatic rings. The quantitative estimate of drug-likeness (QED) is 0.261. The van der Waals surface area contributed by atoms with Crippen LogP contribution in [-0.2, 0) is 19.2 Å². The summed E-state index contributed by atoms with van der Waals surface area (Å²) in [5.41, 5.74) is 0. The third-order valence-electron chi connectivity index (χ3n) is 1.56. The van der Waals surface area contributed by atoms with Crippen LogP contribution in [-0.4, -0.2) is 85.1 Å². The fraction of sp³-hybridized carbons (Fsp3) is 0.500. The third-order valence-corrected chi connectivity index (χ3v) is 1.56. The van der Waals surface area contributed by atoms with E-state index in [9.17, 15) is 39.6 Å². The number of carboxylic acid groups (broad SMARTS) is 4. The number of carbonyl (C=O) groups excluding carboxylic acids is 4. The van der Waals surface area contributed by atoms with Crippen molar-refractivity contribution in [3.63, 3.8) is 0 Å². The molecule has 0 aliphatic carbocycles. The summed E-state index contributed by atoms with van der Waals surface area (Å²) in [6, 6.07) is 0. The Labute approximate surface area is 280 Å². The summed E-state index contributed by atoms with van der Waals surface area (Å²) in [4.78, 5) is 38.5. The minimum Gasteiger partial charge on any atom is -0.547 e. The van der Waals surface area contributed by atoms with Crippen LogP contribution in [0.2, 0.25) is 0 Å². The molecule has 0 saturated heterocycles. The van der Waals surface area contributed by atoms with Crippen molar-refractivity contribution in [2.24, 2.45) is 0 Å². The van der Waals surface area contributed by atoms with E-state index in [1.165, 1.54) is 0 Å². The SMILES string of the molecule is O.O.O.O=C([O-])C(O)C(O)C(=O)[O-].O=C([O-])C(O)C(O)C(=O)[O-].[K+].[K+].[Na+].[Na+]. The summed E-state index contributed by atoms with van der Waals surface area (Å²) in [6.07, 6.45) is -9.76. The van der Waals surface area contributed by atoms with Gasteiger partial charge in [0, 0.05) is 0 Å². The van der Waals surface area contributed by atoms with E-state index in [0.717, 1.165) is 0 Å². The van der Waals surface area contributed by atoms with Crippen molar-refractivity contribution >= 4 is 23.9 Å². The summed E-state index contributed by atoms with van der Waals surface area (Å²) in [6.45, 7) is 0. The van der Waals surface area contributed by atoms with Crippen LogP contribution in [0.5, 0.6) is 0 Å². The van der Waals surface area contributed by atoms with Crippen molar-refractivity contribution in [1.82, 2.24) is 0 Å². The van der Waals surface area contributed by atoms with E-state index in [0.29, 0.717) is 0 Å². The van der Waals surface area contributed by atoms with E-state index in [2.05, 4.69) is 0 Å². The van der Waals surface area contributed by atoms with Gasteiger partial charge in [-0.25, -0.2) is 0 Å². The number of hydrogen-bond donors (Lipinski definition) is 4. The van der Waals surface area contributed by atoms with E-state index >= 15 is 0 Å². The summed E-state index contributed by atoms with van der Waals surface area (Å²) < 4.78 is 0. The Balaban J connectivity index is -0.0000000272. The standard InChI is InChI=1S/2C4H6O6.2K.2Na.3H2O/c2*5-1(3(7)8)2(6)4(9)10;;;;;;;/h2*1-2,5-6H,(H,7,8)(H,9,10);;;;;3*1H2/q;;4*+1;;;/p-4. The largest absolute Gasteiger partial charge is 1.00 e. The van der Waals surface area contributed by atoms with Gasteiger partial charge in [-0.1, -0.05) is 0 Å². The number of rotatable bonds is 6. The first-order chi connectivity index (χ1) is 8.93. The summed E-state index contributed by atoms with van der Waals surface area (Å²) in [5.74, 6) is -8.23. The molecular formula is C8H14K2Na2O15. The normalized spacial score (nSPS) is 11.7. The van der Waals surface area contributed by atoms with Crippen molar-refractivity contribution in [3.8, 4) is 0 Å². The van der Waals surface area contributed by atoms with E-state index in [1.54, 1.807) is 0 Å². The summed E-state index contributed by atoms with van der Waals surface area (Å²) >= 11 is 0. The van der Waals surface area contributed by atoms with Crippen LogP contribution in [0.15, 0.2) is 0 Å². The van der Waals surface area contributed by atoms with Crippen LogP contribution >= 0.6 is 0 Å². The van der Waals surface area contributed by atoms with Crippen molar-refractivity contribution in [2.45, 2.75) is 24.4 Å². The van der Waals surface area contributed by atoms with Gasteiger partial charge in [0.25, 0.3) is 0 Å². The Morgan fingerprint density at radius 3 is 0.593 bits per heavy atom. The molecule has 0 fully saturated rings. The van der Waals surface area contributed by atoms with Crippen LogP contribution in [0.1, 0.15) is 0 Å². The Hall–Kier alpha value is 2.87. The van der Waals surface area contributed by atoms with E-state index in [4.69, 9.17) is 20.4 Å². The van der Waals surface area contributed by atoms with Crippen molar-refractivity contribution in [2.75, 3.05) is 0 Å². The van der Waals surface area contributed by atoms with Crippen molar-refractivity contribution < 1.29 is 238 Å². The van der Waals surface area contributed by atoms with Gasteiger partial charge in [-0.3, -0.25) is 0 Å². The second-order valence-corrected chi connectivity index (χ2v) is 3.06. The van der Waals surface area contributed by atoms with Gasteiger partial charge >= 0.3 is 162 Å². The fourth-order valence-electron chi connectivity index (χ4n) is 0.516. The van der Waals surface area contributed by atoms with Gasteiger partial charge in [0.15, 0.2) is 0 Å². The van der Waals surface area contributed by atoms with Crippen molar-refractivity contribution in [3.05, 3.63) is 0 Å². The number of aliphatic hydroxyl groups excluding tert-OH is 4. The molecule has 0 heterocycles. The zero-order valence-corrected chi connectivity index (χ0v) is 25.1. The molecule has 0 aromatic heterocycles. The molecule has 0 saturated carbocycles. The predicted octanol–water partition coefficient (Wildman–Crippen LogP) is -24.0. The molecule has 10 N–H and O–H groups in total. The topological polar surface area (TPSA) is 336 Å². The molecule has 4 unspecified atom stereocenters. The minimum atomic E-state index is -2.44.